The van der Waals surface area contributed by atoms with Crippen LogP contribution in [0.1, 0.15) is 25.0 Å². The van der Waals surface area contributed by atoms with Crippen molar-refractivity contribution in [1.82, 2.24) is 15.0 Å². The van der Waals surface area contributed by atoms with Crippen LogP contribution >= 0.6 is 0 Å². The highest BCUT2D eigenvalue weighted by atomic mass is 15.0. The van der Waals surface area contributed by atoms with E-state index >= 15 is 0 Å². The number of nitrogens with zero attached hydrogens (tertiary/aromatic N) is 3. The van der Waals surface area contributed by atoms with E-state index in [1.807, 2.05) is 0 Å². The summed E-state index contributed by atoms with van der Waals surface area (Å²) < 4.78 is 0. The van der Waals surface area contributed by atoms with E-state index in [1.165, 1.54) is 33.2 Å². The van der Waals surface area contributed by atoms with Gasteiger partial charge in [-0.3, -0.25) is 0 Å². The highest BCUT2D eigenvalue weighted by Crippen LogP contribution is 2.55. The normalized spacial score (nSPS) is 12.7. The molecule has 1 aliphatic rings. The molecule has 0 bridgehead atoms. The molecule has 3 heteroatoms. The number of hydrogen-bond donors (Lipinski definition) is 0. The van der Waals surface area contributed by atoms with Crippen molar-refractivity contribution in [2.24, 2.45) is 0 Å². The molecule has 0 unspecified atom stereocenters. The van der Waals surface area contributed by atoms with E-state index in [4.69, 9.17) is 15.0 Å². The Morgan fingerprint density at radius 3 is 1.22 bits per heavy atom. The van der Waals surface area contributed by atoms with Crippen LogP contribution in [0.5, 0.6) is 0 Å². The van der Waals surface area contributed by atoms with E-state index < -0.39 is 0 Å². The lowest BCUT2D eigenvalue weighted by atomic mass is 9.81. The molecule has 0 aliphatic heterocycles. The van der Waals surface area contributed by atoms with Crippen LogP contribution in [0, 0.1) is 0 Å². The summed E-state index contributed by atoms with van der Waals surface area (Å²) in [6.45, 7) is 4.69. The Balaban J connectivity index is 1.29. The van der Waals surface area contributed by atoms with Gasteiger partial charge in [-0.1, -0.05) is 214 Å². The summed E-state index contributed by atoms with van der Waals surface area (Å²) in [5, 5.41) is 4.62. The zero-order valence-electron chi connectivity index (χ0n) is 32.9. The summed E-state index contributed by atoms with van der Waals surface area (Å²) in [7, 11) is 0. The van der Waals surface area contributed by atoms with Gasteiger partial charge in [0.2, 0.25) is 0 Å². The fourth-order valence-electron chi connectivity index (χ4n) is 9.44. The van der Waals surface area contributed by atoms with Gasteiger partial charge in [-0.25, -0.2) is 15.0 Å². The fraction of sp³-hybridized carbons (Fsp3) is 0.0536. The Kier molecular flexibility index (Phi) is 8.16. The van der Waals surface area contributed by atoms with Crippen molar-refractivity contribution in [3.63, 3.8) is 0 Å². The molecule has 0 radical (unpaired) electrons. The zero-order chi connectivity index (χ0) is 39.5. The largest absolute Gasteiger partial charge is 0.208 e. The van der Waals surface area contributed by atoms with Crippen molar-refractivity contribution < 1.29 is 0 Å². The molecule has 278 valence electrons. The van der Waals surface area contributed by atoms with Crippen LogP contribution in [-0.2, 0) is 5.41 Å². The van der Waals surface area contributed by atoms with E-state index in [-0.39, 0.29) is 5.41 Å². The van der Waals surface area contributed by atoms with Crippen molar-refractivity contribution in [2.45, 2.75) is 19.3 Å². The molecule has 1 aliphatic carbocycles. The van der Waals surface area contributed by atoms with Crippen LogP contribution in [0.2, 0.25) is 0 Å². The molecule has 0 fully saturated rings. The van der Waals surface area contributed by atoms with Gasteiger partial charge in [0, 0.05) is 27.7 Å². The first kappa shape index (κ1) is 34.7. The molecule has 0 spiro atoms. The minimum Gasteiger partial charge on any atom is -0.208 e. The topological polar surface area (TPSA) is 38.7 Å². The SMILES string of the molecule is CC1(C)c2ccccc2-c2c(-c3c(-c4nc(-c5ccccc5-c5ccccc5)nc(-c5ccccc5-c5ccccc5)n4)c4ccccc4c4ccccc34)cccc21. The van der Waals surface area contributed by atoms with E-state index in [1.54, 1.807) is 0 Å². The molecular weight excluding hydrogens is 715 g/mol. The first-order valence-electron chi connectivity index (χ1n) is 20.3. The fourth-order valence-corrected chi connectivity index (χ4v) is 9.44. The molecule has 9 aromatic carbocycles. The van der Waals surface area contributed by atoms with E-state index in [2.05, 4.69) is 214 Å². The van der Waals surface area contributed by atoms with Crippen LogP contribution < -0.4 is 0 Å². The Morgan fingerprint density at radius 1 is 0.271 bits per heavy atom. The van der Waals surface area contributed by atoms with E-state index in [9.17, 15) is 0 Å². The second kappa shape index (κ2) is 13.9. The molecular formula is C56H39N3. The maximum Gasteiger partial charge on any atom is 0.165 e. The first-order chi connectivity index (χ1) is 29.1. The first-order valence-corrected chi connectivity index (χ1v) is 20.3. The van der Waals surface area contributed by atoms with Crippen molar-refractivity contribution in [3.8, 4) is 78.7 Å². The molecule has 1 heterocycles. The number of fused-ring (bicyclic) bond motifs is 6. The Hall–Kier alpha value is -7.49. The van der Waals surface area contributed by atoms with Gasteiger partial charge in [-0.15, -0.1) is 0 Å². The molecule has 1 aromatic heterocycles. The van der Waals surface area contributed by atoms with Crippen molar-refractivity contribution in [2.75, 3.05) is 0 Å². The number of hydrogen-bond acceptors (Lipinski definition) is 3. The molecule has 0 N–H and O–H groups in total. The maximum atomic E-state index is 5.58. The second-order valence-corrected chi connectivity index (χ2v) is 15.9. The van der Waals surface area contributed by atoms with Crippen LogP contribution in [0.25, 0.3) is 100 Å². The molecule has 0 saturated carbocycles. The molecule has 0 atom stereocenters. The predicted molar refractivity (Wildman–Crippen MR) is 245 cm³/mol. The molecule has 3 nitrogen and oxygen atoms in total. The van der Waals surface area contributed by atoms with Gasteiger partial charge in [0.05, 0.1) is 0 Å². The predicted octanol–water partition coefficient (Wildman–Crippen LogP) is 14.5. The van der Waals surface area contributed by atoms with Gasteiger partial charge >= 0.3 is 0 Å². The average Bonchev–Trinajstić information content (AvgIpc) is 3.55. The Bertz CT molecular complexity index is 3140. The van der Waals surface area contributed by atoms with Crippen molar-refractivity contribution >= 4 is 21.5 Å². The summed E-state index contributed by atoms with van der Waals surface area (Å²) >= 11 is 0. The van der Waals surface area contributed by atoms with Gasteiger partial charge in [0.25, 0.3) is 0 Å². The zero-order valence-corrected chi connectivity index (χ0v) is 32.9. The number of rotatable bonds is 6. The number of benzene rings is 9. The quantitative estimate of drug-likeness (QED) is 0.159. The molecule has 10 aromatic rings. The second-order valence-electron chi connectivity index (χ2n) is 15.9. The Labute approximate surface area is 344 Å². The van der Waals surface area contributed by atoms with Gasteiger partial charge in [-0.05, 0) is 71.6 Å². The average molecular weight is 754 g/mol. The van der Waals surface area contributed by atoms with Gasteiger partial charge < -0.3 is 0 Å². The summed E-state index contributed by atoms with van der Waals surface area (Å²) in [5.41, 5.74) is 14.6. The Morgan fingerprint density at radius 2 is 0.661 bits per heavy atom. The van der Waals surface area contributed by atoms with Crippen molar-refractivity contribution in [3.05, 3.63) is 211 Å². The summed E-state index contributed by atoms with van der Waals surface area (Å²) in [4.78, 5) is 16.6. The van der Waals surface area contributed by atoms with Crippen LogP contribution in [-0.4, -0.2) is 15.0 Å². The molecule has 0 saturated heterocycles. The van der Waals surface area contributed by atoms with Gasteiger partial charge in [-0.2, -0.15) is 0 Å². The standard InChI is InChI=1S/C56H39N3/c1-56(2)48-34-18-17-32-46(48)50-47(33-19-35-49(50)56)51-42-28-13-11-26-40(42)41-27-12-14-29-43(41)52(51)55-58-53(44-30-15-9-24-38(44)36-20-5-3-6-21-36)57-54(59-55)45-31-16-10-25-39(45)37-22-7-4-8-23-37/h3-35H,1-2H3. The van der Waals surface area contributed by atoms with Gasteiger partial charge in [0.1, 0.15) is 0 Å². The number of aromatic nitrogens is 3. The van der Waals surface area contributed by atoms with Crippen molar-refractivity contribution in [1.29, 1.82) is 0 Å². The molecule has 11 rings (SSSR count). The summed E-state index contributed by atoms with van der Waals surface area (Å²) in [6, 6.07) is 71.3. The van der Waals surface area contributed by atoms with E-state index in [0.717, 1.165) is 60.7 Å². The smallest absolute Gasteiger partial charge is 0.165 e. The maximum absolute atomic E-state index is 5.58. The van der Waals surface area contributed by atoms with Crippen LogP contribution in [0.4, 0.5) is 0 Å². The third-order valence-corrected chi connectivity index (χ3v) is 12.2. The molecule has 0 amide bonds. The highest BCUT2D eigenvalue weighted by Gasteiger charge is 2.37. The molecule has 59 heavy (non-hydrogen) atoms. The third kappa shape index (κ3) is 5.61. The van der Waals surface area contributed by atoms with Crippen LogP contribution in [0.15, 0.2) is 200 Å². The van der Waals surface area contributed by atoms with E-state index in [0.29, 0.717) is 17.5 Å². The minimum absolute atomic E-state index is 0.162. The summed E-state index contributed by atoms with van der Waals surface area (Å²) in [5.74, 6) is 1.89. The lowest BCUT2D eigenvalue weighted by Crippen LogP contribution is -2.14. The monoisotopic (exact) mass is 753 g/mol. The minimum atomic E-state index is -0.162. The summed E-state index contributed by atoms with van der Waals surface area (Å²) in [6.07, 6.45) is 0. The van der Waals surface area contributed by atoms with Crippen LogP contribution in [0.3, 0.4) is 0 Å². The third-order valence-electron chi connectivity index (χ3n) is 12.2. The lowest BCUT2D eigenvalue weighted by molar-refractivity contribution is 0.660. The highest BCUT2D eigenvalue weighted by molar-refractivity contribution is 6.22. The van der Waals surface area contributed by atoms with Gasteiger partial charge in [0.15, 0.2) is 17.5 Å². The lowest BCUT2D eigenvalue weighted by Gasteiger charge is -2.23.